The van der Waals surface area contributed by atoms with Crippen LogP contribution in [0.1, 0.15) is 10.4 Å². The van der Waals surface area contributed by atoms with Gasteiger partial charge in [-0.15, -0.1) is 23.1 Å². The number of nitrogens with zero attached hydrogens (tertiary/aromatic N) is 2. The molecular weight excluding hydrogens is 256 g/mol. The van der Waals surface area contributed by atoms with Crippen LogP contribution in [0.25, 0.3) is 10.2 Å². The van der Waals surface area contributed by atoms with Crippen molar-refractivity contribution < 1.29 is 0 Å². The van der Waals surface area contributed by atoms with Gasteiger partial charge in [-0.25, -0.2) is 0 Å². The predicted octanol–water partition coefficient (Wildman–Crippen LogP) is 1.64. The van der Waals surface area contributed by atoms with Crippen molar-refractivity contribution in [2.45, 2.75) is 4.90 Å². The van der Waals surface area contributed by atoms with Crippen LogP contribution in [0.5, 0.6) is 0 Å². The van der Waals surface area contributed by atoms with E-state index in [1.165, 1.54) is 11.8 Å². The molecule has 0 atom stereocenters. The molecule has 0 aromatic carbocycles. The minimum atomic E-state index is -0.449. The molecular formula is C10H6N4OS2. The lowest BCUT2D eigenvalue weighted by atomic mass is 10.2. The minimum Gasteiger partial charge on any atom is -0.396 e. The summed E-state index contributed by atoms with van der Waals surface area (Å²) in [5.41, 5.74) is 5.76. The van der Waals surface area contributed by atoms with Crippen LogP contribution < -0.4 is 11.3 Å². The highest BCUT2D eigenvalue weighted by atomic mass is 32.2. The fraction of sp³-hybridized carbons (Fsp3) is 0.100. The first-order valence-electron chi connectivity index (χ1n) is 4.46. The number of pyridine rings is 1. The zero-order valence-electron chi connectivity index (χ0n) is 8.70. The lowest BCUT2D eigenvalue weighted by Crippen LogP contribution is -2.11. The number of nitrogens with two attached hydrogens (primary N) is 1. The molecule has 2 aromatic heterocycles. The molecule has 0 unspecified atom stereocenters. The molecule has 2 rings (SSSR count). The molecule has 0 spiro atoms. The van der Waals surface area contributed by atoms with Crippen molar-refractivity contribution in [1.29, 1.82) is 10.5 Å². The number of thiophene rings is 1. The van der Waals surface area contributed by atoms with Gasteiger partial charge in [-0.2, -0.15) is 10.5 Å². The topological polar surface area (TPSA) is 106 Å². The van der Waals surface area contributed by atoms with E-state index < -0.39 is 5.56 Å². The van der Waals surface area contributed by atoms with E-state index in [0.29, 0.717) is 25.7 Å². The Balaban J connectivity index is 3.06. The SMILES string of the molecule is CSc1c(C#N)c(=O)[nH]c2sc(C#N)c(N)c12. The van der Waals surface area contributed by atoms with Crippen LogP contribution in [0.3, 0.4) is 0 Å². The number of aromatic amines is 1. The van der Waals surface area contributed by atoms with Gasteiger partial charge in [0.15, 0.2) is 0 Å². The number of nitrogen functional groups attached to an aromatic ring is 1. The summed E-state index contributed by atoms with van der Waals surface area (Å²) in [7, 11) is 0. The zero-order valence-corrected chi connectivity index (χ0v) is 10.3. The van der Waals surface area contributed by atoms with Gasteiger partial charge in [-0.3, -0.25) is 4.79 Å². The van der Waals surface area contributed by atoms with Gasteiger partial charge in [-0.1, -0.05) is 0 Å². The third-order valence-corrected chi connectivity index (χ3v) is 4.11. The Kier molecular flexibility index (Phi) is 2.80. The smallest absolute Gasteiger partial charge is 0.268 e. The minimum absolute atomic E-state index is 0.0407. The Morgan fingerprint density at radius 1 is 1.41 bits per heavy atom. The number of anilines is 1. The first-order valence-corrected chi connectivity index (χ1v) is 6.50. The van der Waals surface area contributed by atoms with Crippen LogP contribution >= 0.6 is 23.1 Å². The molecule has 84 valence electrons. The number of aromatic nitrogens is 1. The molecule has 5 nitrogen and oxygen atoms in total. The standard InChI is InChI=1S/C10H6N4OS2/c1-16-8-4(2-11)9(15)14-10-6(8)7(13)5(3-12)17-10/h13H2,1H3,(H,14,15). The highest BCUT2D eigenvalue weighted by Gasteiger charge is 2.18. The van der Waals surface area contributed by atoms with E-state index in [2.05, 4.69) is 4.98 Å². The van der Waals surface area contributed by atoms with Crippen LogP contribution in [0, 0.1) is 22.7 Å². The molecule has 3 N–H and O–H groups in total. The Morgan fingerprint density at radius 2 is 2.12 bits per heavy atom. The number of nitrogens with one attached hydrogen (secondary N) is 1. The Morgan fingerprint density at radius 3 is 2.65 bits per heavy atom. The summed E-state index contributed by atoms with van der Waals surface area (Å²) in [4.78, 5) is 15.6. The van der Waals surface area contributed by atoms with Gasteiger partial charge in [0.05, 0.1) is 5.69 Å². The Hall–Kier alpha value is -1.96. The van der Waals surface area contributed by atoms with Crippen LogP contribution in [0.4, 0.5) is 5.69 Å². The van der Waals surface area contributed by atoms with Crippen molar-refractivity contribution in [2.24, 2.45) is 0 Å². The van der Waals surface area contributed by atoms with Crippen molar-refractivity contribution in [3.63, 3.8) is 0 Å². The molecule has 0 saturated carbocycles. The second-order valence-electron chi connectivity index (χ2n) is 3.13. The molecule has 0 bridgehead atoms. The summed E-state index contributed by atoms with van der Waals surface area (Å²) in [6.07, 6.45) is 1.76. The molecule has 7 heteroatoms. The van der Waals surface area contributed by atoms with E-state index in [9.17, 15) is 4.79 Å². The van der Waals surface area contributed by atoms with Gasteiger partial charge in [0, 0.05) is 10.3 Å². The highest BCUT2D eigenvalue weighted by Crippen LogP contribution is 2.37. The maximum Gasteiger partial charge on any atom is 0.268 e. The first-order chi connectivity index (χ1) is 8.13. The van der Waals surface area contributed by atoms with Crippen molar-refractivity contribution in [2.75, 3.05) is 12.0 Å². The van der Waals surface area contributed by atoms with Crippen molar-refractivity contribution in [3.05, 3.63) is 20.8 Å². The van der Waals surface area contributed by atoms with Gasteiger partial charge in [0.1, 0.15) is 27.4 Å². The monoisotopic (exact) mass is 262 g/mol. The maximum absolute atomic E-state index is 11.6. The lowest BCUT2D eigenvalue weighted by molar-refractivity contribution is 1.24. The molecule has 0 aliphatic rings. The fourth-order valence-corrected chi connectivity index (χ4v) is 3.28. The van der Waals surface area contributed by atoms with E-state index >= 15 is 0 Å². The highest BCUT2D eigenvalue weighted by molar-refractivity contribution is 7.99. The molecule has 0 radical (unpaired) electrons. The number of fused-ring (bicyclic) bond motifs is 1. The summed E-state index contributed by atoms with van der Waals surface area (Å²) in [5.74, 6) is 0. The van der Waals surface area contributed by atoms with Crippen molar-refractivity contribution >= 4 is 39.0 Å². The van der Waals surface area contributed by atoms with Gasteiger partial charge in [0.25, 0.3) is 5.56 Å². The van der Waals surface area contributed by atoms with Crippen molar-refractivity contribution in [1.82, 2.24) is 4.98 Å². The summed E-state index contributed by atoms with van der Waals surface area (Å²) in [5, 5.41) is 18.4. The number of hydrogen-bond donors (Lipinski definition) is 2. The molecule has 0 aliphatic heterocycles. The van der Waals surface area contributed by atoms with Crippen LogP contribution in [-0.2, 0) is 0 Å². The number of nitriles is 2. The summed E-state index contributed by atoms with van der Waals surface area (Å²) < 4.78 is 0. The first kappa shape index (κ1) is 11.5. The Bertz CT molecular complexity index is 745. The number of H-pyrrole nitrogens is 1. The van der Waals surface area contributed by atoms with E-state index in [1.54, 1.807) is 6.26 Å². The number of thioether (sulfide) groups is 1. The predicted molar refractivity (Wildman–Crippen MR) is 68.1 cm³/mol. The second kappa shape index (κ2) is 4.13. The largest absolute Gasteiger partial charge is 0.396 e. The lowest BCUT2D eigenvalue weighted by Gasteiger charge is -2.02. The van der Waals surface area contributed by atoms with E-state index in [-0.39, 0.29) is 5.56 Å². The van der Waals surface area contributed by atoms with Crippen LogP contribution in [-0.4, -0.2) is 11.2 Å². The quantitative estimate of drug-likeness (QED) is 0.760. The summed E-state index contributed by atoms with van der Waals surface area (Å²) in [6, 6.07) is 3.84. The molecule has 17 heavy (non-hydrogen) atoms. The molecule has 0 aliphatic carbocycles. The maximum atomic E-state index is 11.6. The van der Waals surface area contributed by atoms with E-state index in [0.717, 1.165) is 11.3 Å². The second-order valence-corrected chi connectivity index (χ2v) is 4.97. The average Bonchev–Trinajstić information content (AvgIpc) is 2.64. The fourth-order valence-electron chi connectivity index (χ4n) is 1.54. The third kappa shape index (κ3) is 1.57. The number of hydrogen-bond acceptors (Lipinski definition) is 6. The Labute approximate surface area is 104 Å². The van der Waals surface area contributed by atoms with Gasteiger partial charge in [0.2, 0.25) is 0 Å². The molecule has 0 saturated heterocycles. The van der Waals surface area contributed by atoms with Gasteiger partial charge >= 0.3 is 0 Å². The zero-order chi connectivity index (χ0) is 12.6. The summed E-state index contributed by atoms with van der Waals surface area (Å²) in [6.45, 7) is 0. The normalized spacial score (nSPS) is 10.1. The van der Waals surface area contributed by atoms with Gasteiger partial charge in [-0.05, 0) is 6.26 Å². The summed E-state index contributed by atoms with van der Waals surface area (Å²) >= 11 is 2.40. The molecule has 0 amide bonds. The molecule has 0 fully saturated rings. The molecule has 2 heterocycles. The average molecular weight is 262 g/mol. The number of rotatable bonds is 1. The van der Waals surface area contributed by atoms with E-state index in [4.69, 9.17) is 16.3 Å². The van der Waals surface area contributed by atoms with Crippen molar-refractivity contribution in [3.8, 4) is 12.1 Å². The third-order valence-electron chi connectivity index (χ3n) is 2.27. The van der Waals surface area contributed by atoms with Gasteiger partial charge < -0.3 is 10.7 Å². The van der Waals surface area contributed by atoms with Crippen LogP contribution in [0.15, 0.2) is 9.69 Å². The van der Waals surface area contributed by atoms with Crippen LogP contribution in [0.2, 0.25) is 0 Å². The van der Waals surface area contributed by atoms with E-state index in [1.807, 2.05) is 12.1 Å². The molecule has 2 aromatic rings.